The minimum atomic E-state index is -3.34. The van der Waals surface area contributed by atoms with Crippen LogP contribution in [-0.2, 0) is 9.84 Å². The van der Waals surface area contributed by atoms with E-state index in [1.54, 1.807) is 18.2 Å². The largest absolute Gasteiger partial charge is 0.497 e. The van der Waals surface area contributed by atoms with Crippen LogP contribution in [0.5, 0.6) is 5.75 Å². The van der Waals surface area contributed by atoms with Crippen molar-refractivity contribution in [3.8, 4) is 5.75 Å². The van der Waals surface area contributed by atoms with Crippen molar-refractivity contribution < 1.29 is 13.2 Å². The van der Waals surface area contributed by atoms with Crippen LogP contribution in [0.15, 0.2) is 29.2 Å². The standard InChI is InChI=1S/C11H17NO3S/c1-3-10(8-12)16(13,14)11-6-4-5-9(7-11)15-2/h4-7,10H,3,8,12H2,1-2H3. The summed E-state index contributed by atoms with van der Waals surface area (Å²) in [6.45, 7) is 1.95. The van der Waals surface area contributed by atoms with E-state index < -0.39 is 15.1 Å². The highest BCUT2D eigenvalue weighted by atomic mass is 32.2. The molecule has 16 heavy (non-hydrogen) atoms. The third kappa shape index (κ3) is 2.54. The molecule has 0 heterocycles. The van der Waals surface area contributed by atoms with Gasteiger partial charge in [-0.2, -0.15) is 0 Å². The zero-order valence-corrected chi connectivity index (χ0v) is 10.3. The summed E-state index contributed by atoms with van der Waals surface area (Å²) in [6.07, 6.45) is 0.510. The minimum Gasteiger partial charge on any atom is -0.497 e. The van der Waals surface area contributed by atoms with E-state index in [9.17, 15) is 8.42 Å². The summed E-state index contributed by atoms with van der Waals surface area (Å²) in [4.78, 5) is 0.268. The number of rotatable bonds is 5. The van der Waals surface area contributed by atoms with Crippen LogP contribution in [0.3, 0.4) is 0 Å². The molecular formula is C11H17NO3S. The van der Waals surface area contributed by atoms with Gasteiger partial charge in [-0.3, -0.25) is 0 Å². The maximum Gasteiger partial charge on any atom is 0.182 e. The van der Waals surface area contributed by atoms with Gasteiger partial charge in [0, 0.05) is 6.54 Å². The van der Waals surface area contributed by atoms with Gasteiger partial charge >= 0.3 is 0 Å². The highest BCUT2D eigenvalue weighted by Gasteiger charge is 2.24. The normalized spacial score (nSPS) is 13.4. The van der Waals surface area contributed by atoms with E-state index >= 15 is 0 Å². The van der Waals surface area contributed by atoms with Crippen molar-refractivity contribution >= 4 is 9.84 Å². The van der Waals surface area contributed by atoms with E-state index in [0.29, 0.717) is 12.2 Å². The predicted octanol–water partition coefficient (Wildman–Crippen LogP) is 1.21. The number of nitrogens with two attached hydrogens (primary N) is 1. The molecule has 1 aromatic rings. The van der Waals surface area contributed by atoms with Crippen LogP contribution < -0.4 is 10.5 Å². The molecule has 0 radical (unpaired) electrons. The second-order valence-corrected chi connectivity index (χ2v) is 5.72. The van der Waals surface area contributed by atoms with Gasteiger partial charge in [-0.15, -0.1) is 0 Å². The first-order chi connectivity index (χ1) is 7.56. The van der Waals surface area contributed by atoms with Crippen molar-refractivity contribution in [1.29, 1.82) is 0 Å². The SMILES string of the molecule is CCC(CN)S(=O)(=O)c1cccc(OC)c1. The molecule has 0 aliphatic heterocycles. The van der Waals surface area contributed by atoms with Gasteiger partial charge in [-0.05, 0) is 24.6 Å². The lowest BCUT2D eigenvalue weighted by atomic mass is 10.3. The first kappa shape index (κ1) is 13.0. The Morgan fingerprint density at radius 2 is 2.12 bits per heavy atom. The second kappa shape index (κ2) is 5.32. The minimum absolute atomic E-state index is 0.135. The molecule has 4 nitrogen and oxygen atoms in total. The van der Waals surface area contributed by atoms with Gasteiger partial charge in [-0.25, -0.2) is 8.42 Å². The quantitative estimate of drug-likeness (QED) is 0.843. The van der Waals surface area contributed by atoms with Crippen LogP contribution in [-0.4, -0.2) is 27.3 Å². The lowest BCUT2D eigenvalue weighted by molar-refractivity contribution is 0.413. The number of hydrogen-bond acceptors (Lipinski definition) is 4. The first-order valence-corrected chi connectivity index (χ1v) is 6.69. The van der Waals surface area contributed by atoms with Gasteiger partial charge in [0.15, 0.2) is 9.84 Å². The molecule has 0 aliphatic carbocycles. The molecule has 0 bridgehead atoms. The number of hydrogen-bond donors (Lipinski definition) is 1. The molecule has 1 atom stereocenters. The van der Waals surface area contributed by atoms with Crippen LogP contribution in [0.1, 0.15) is 13.3 Å². The van der Waals surface area contributed by atoms with Gasteiger partial charge in [0.2, 0.25) is 0 Å². The Morgan fingerprint density at radius 1 is 1.44 bits per heavy atom. The molecule has 0 saturated heterocycles. The predicted molar refractivity (Wildman–Crippen MR) is 63.3 cm³/mol. The number of ether oxygens (including phenoxy) is 1. The van der Waals surface area contributed by atoms with Crippen LogP contribution in [0.4, 0.5) is 0 Å². The Morgan fingerprint density at radius 3 is 2.62 bits per heavy atom. The van der Waals surface area contributed by atoms with E-state index in [2.05, 4.69) is 0 Å². The highest BCUT2D eigenvalue weighted by molar-refractivity contribution is 7.92. The summed E-state index contributed by atoms with van der Waals surface area (Å²) >= 11 is 0. The maximum atomic E-state index is 12.1. The van der Waals surface area contributed by atoms with Crippen molar-refractivity contribution in [2.75, 3.05) is 13.7 Å². The van der Waals surface area contributed by atoms with Crippen molar-refractivity contribution in [1.82, 2.24) is 0 Å². The van der Waals surface area contributed by atoms with Gasteiger partial charge in [0.1, 0.15) is 5.75 Å². The molecule has 90 valence electrons. The monoisotopic (exact) mass is 243 g/mol. The number of methoxy groups -OCH3 is 1. The lowest BCUT2D eigenvalue weighted by Gasteiger charge is -2.14. The van der Waals surface area contributed by atoms with Crippen molar-refractivity contribution in [3.63, 3.8) is 0 Å². The average molecular weight is 243 g/mol. The average Bonchev–Trinajstić information content (AvgIpc) is 2.30. The van der Waals surface area contributed by atoms with E-state index in [0.717, 1.165) is 0 Å². The van der Waals surface area contributed by atoms with Gasteiger partial charge in [0.25, 0.3) is 0 Å². The fraction of sp³-hybridized carbons (Fsp3) is 0.455. The molecule has 0 aliphatic rings. The molecule has 0 spiro atoms. The van der Waals surface area contributed by atoms with Gasteiger partial charge < -0.3 is 10.5 Å². The Balaban J connectivity index is 3.16. The highest BCUT2D eigenvalue weighted by Crippen LogP contribution is 2.22. The van der Waals surface area contributed by atoms with Crippen LogP contribution in [0, 0.1) is 0 Å². The number of benzene rings is 1. The summed E-state index contributed by atoms with van der Waals surface area (Å²) < 4.78 is 29.3. The molecule has 1 unspecified atom stereocenters. The molecule has 2 N–H and O–H groups in total. The van der Waals surface area contributed by atoms with E-state index in [1.165, 1.54) is 13.2 Å². The Kier molecular flexibility index (Phi) is 4.32. The Hall–Kier alpha value is -1.07. The third-order valence-corrected chi connectivity index (χ3v) is 4.84. The fourth-order valence-electron chi connectivity index (χ4n) is 1.48. The molecule has 1 rings (SSSR count). The zero-order chi connectivity index (χ0) is 12.2. The van der Waals surface area contributed by atoms with E-state index in [4.69, 9.17) is 10.5 Å². The summed E-state index contributed by atoms with van der Waals surface area (Å²) in [6, 6.07) is 6.46. The van der Waals surface area contributed by atoms with Crippen molar-refractivity contribution in [2.24, 2.45) is 5.73 Å². The lowest BCUT2D eigenvalue weighted by Crippen LogP contribution is -2.29. The summed E-state index contributed by atoms with van der Waals surface area (Å²) in [5, 5.41) is -0.528. The summed E-state index contributed by atoms with van der Waals surface area (Å²) in [5.41, 5.74) is 5.47. The van der Waals surface area contributed by atoms with E-state index in [1.807, 2.05) is 6.92 Å². The summed E-state index contributed by atoms with van der Waals surface area (Å²) in [7, 11) is -1.83. The van der Waals surface area contributed by atoms with Crippen LogP contribution in [0.25, 0.3) is 0 Å². The topological polar surface area (TPSA) is 69.4 Å². The molecule has 1 aromatic carbocycles. The van der Waals surface area contributed by atoms with E-state index in [-0.39, 0.29) is 11.4 Å². The zero-order valence-electron chi connectivity index (χ0n) is 9.51. The van der Waals surface area contributed by atoms with Crippen LogP contribution >= 0.6 is 0 Å². The second-order valence-electron chi connectivity index (χ2n) is 3.49. The number of sulfone groups is 1. The molecule has 0 saturated carbocycles. The molecule has 0 amide bonds. The third-order valence-electron chi connectivity index (χ3n) is 2.53. The van der Waals surface area contributed by atoms with Crippen molar-refractivity contribution in [2.45, 2.75) is 23.5 Å². The van der Waals surface area contributed by atoms with Crippen LogP contribution in [0.2, 0.25) is 0 Å². The summed E-state index contributed by atoms with van der Waals surface area (Å²) in [5.74, 6) is 0.535. The smallest absolute Gasteiger partial charge is 0.182 e. The van der Waals surface area contributed by atoms with Gasteiger partial charge in [-0.1, -0.05) is 13.0 Å². The Bertz CT molecular complexity index is 438. The Labute approximate surface area is 96.3 Å². The molecule has 5 heteroatoms. The van der Waals surface area contributed by atoms with Gasteiger partial charge in [0.05, 0.1) is 17.3 Å². The fourth-order valence-corrected chi connectivity index (χ4v) is 3.11. The van der Waals surface area contributed by atoms with Crippen molar-refractivity contribution in [3.05, 3.63) is 24.3 Å². The molecule has 0 aromatic heterocycles. The molecular weight excluding hydrogens is 226 g/mol. The maximum absolute atomic E-state index is 12.1. The first-order valence-electron chi connectivity index (χ1n) is 5.14. The molecule has 0 fully saturated rings.